The van der Waals surface area contributed by atoms with Crippen LogP contribution < -0.4 is 19.1 Å². The Morgan fingerprint density at radius 2 is 1.77 bits per heavy atom. The summed E-state index contributed by atoms with van der Waals surface area (Å²) in [4.78, 5) is 31.9. The van der Waals surface area contributed by atoms with Gasteiger partial charge in [-0.3, -0.25) is 14.9 Å². The fraction of sp³-hybridized carbons (Fsp3) is 0.316. The van der Waals surface area contributed by atoms with Gasteiger partial charge in [-0.2, -0.15) is 9.83 Å². The lowest BCUT2D eigenvalue weighted by Gasteiger charge is -2.44. The van der Waals surface area contributed by atoms with E-state index < -0.39 is 18.2 Å². The number of benzene rings is 3. The Morgan fingerprint density at radius 3 is 2.48 bits per heavy atom. The summed E-state index contributed by atoms with van der Waals surface area (Å²) in [6, 6.07) is 17.7. The fourth-order valence-corrected chi connectivity index (χ4v) is 7.63. The first kappa shape index (κ1) is 35.4. The molecule has 1 unspecified atom stereocenters. The quantitative estimate of drug-likeness (QED) is 0.0871. The van der Waals surface area contributed by atoms with E-state index in [9.17, 15) is 14.8 Å². The highest BCUT2D eigenvalue weighted by molar-refractivity contribution is 6.35. The molecule has 5 heterocycles. The van der Waals surface area contributed by atoms with Gasteiger partial charge in [0.2, 0.25) is 0 Å². The molecule has 3 saturated heterocycles. The Balaban J connectivity index is 1.17. The molecule has 5 aromatic rings. The number of halogens is 2. The number of para-hydroxylation sites is 1. The van der Waals surface area contributed by atoms with Crippen molar-refractivity contribution in [1.82, 2.24) is 15.1 Å². The van der Waals surface area contributed by atoms with E-state index in [0.717, 1.165) is 37.9 Å². The van der Waals surface area contributed by atoms with Crippen molar-refractivity contribution in [2.75, 3.05) is 38.8 Å². The van der Waals surface area contributed by atoms with E-state index in [-0.39, 0.29) is 34.7 Å². The molecule has 270 valence electrons. The molecule has 14 heteroatoms. The number of nitrogens with one attached hydrogen (secondary N) is 1. The van der Waals surface area contributed by atoms with Crippen molar-refractivity contribution < 1.29 is 33.3 Å². The third-order valence-corrected chi connectivity index (χ3v) is 10.4. The zero-order valence-corrected chi connectivity index (χ0v) is 30.1. The van der Waals surface area contributed by atoms with Crippen LogP contribution in [0.3, 0.4) is 0 Å². The molecule has 3 fully saturated rings. The molecule has 2 bridgehead atoms. The summed E-state index contributed by atoms with van der Waals surface area (Å²) in [5.41, 5.74) is 3.26. The zero-order valence-electron chi connectivity index (χ0n) is 28.6. The maximum atomic E-state index is 14.0. The number of esters is 1. The minimum Gasteiger partial charge on any atom is -0.619 e. The number of ether oxygens (including phenoxy) is 4. The summed E-state index contributed by atoms with van der Waals surface area (Å²) in [5, 5.41) is 20.3. The zero-order chi connectivity index (χ0) is 36.4. The molecule has 8 rings (SSSR count). The molecule has 3 aliphatic rings. The normalized spacial score (nSPS) is 18.5. The van der Waals surface area contributed by atoms with Crippen LogP contribution in [0, 0.1) is 11.1 Å². The highest BCUT2D eigenvalue weighted by Crippen LogP contribution is 2.36. The number of pyridine rings is 1. The van der Waals surface area contributed by atoms with E-state index in [1.54, 1.807) is 47.5 Å². The predicted octanol–water partition coefficient (Wildman–Crippen LogP) is 6.90. The number of hydrogen-bond donors (Lipinski definition) is 1. The molecular weight excluding hydrogens is 709 g/mol. The molecule has 3 aromatic carbocycles. The van der Waals surface area contributed by atoms with Crippen molar-refractivity contribution in [3.05, 3.63) is 117 Å². The van der Waals surface area contributed by atoms with Gasteiger partial charge in [0.1, 0.15) is 22.3 Å². The van der Waals surface area contributed by atoms with Crippen LogP contribution in [-0.2, 0) is 22.4 Å². The summed E-state index contributed by atoms with van der Waals surface area (Å²) < 4.78 is 23.8. The first-order valence-corrected chi connectivity index (χ1v) is 17.7. The first-order chi connectivity index (χ1) is 25.2. The molecule has 2 aromatic heterocycles. The van der Waals surface area contributed by atoms with Crippen LogP contribution in [0.1, 0.15) is 46.0 Å². The molecule has 52 heavy (non-hydrogen) atoms. The Labute approximate surface area is 310 Å². The number of rotatable bonds is 11. The van der Waals surface area contributed by atoms with E-state index in [1.807, 2.05) is 24.3 Å². The van der Waals surface area contributed by atoms with Gasteiger partial charge in [0.05, 0.1) is 43.7 Å². The summed E-state index contributed by atoms with van der Waals surface area (Å²) in [7, 11) is 3.03. The number of hydrogen-bond acceptors (Lipinski definition) is 9. The predicted molar refractivity (Wildman–Crippen MR) is 195 cm³/mol. The van der Waals surface area contributed by atoms with Crippen LogP contribution in [0.5, 0.6) is 11.5 Å². The van der Waals surface area contributed by atoms with Crippen LogP contribution in [0.2, 0.25) is 10.0 Å². The number of carbonyl (C=O) groups excluding carboxylic acids is 2. The Hall–Kier alpha value is -5.04. The molecule has 1 amide bonds. The fourth-order valence-electron chi connectivity index (χ4n) is 7.03. The highest BCUT2D eigenvalue weighted by Gasteiger charge is 2.38. The first-order valence-electron chi connectivity index (χ1n) is 16.9. The minimum atomic E-state index is -0.889. The molecule has 12 nitrogen and oxygen atoms in total. The van der Waals surface area contributed by atoms with Gasteiger partial charge < -0.3 is 24.2 Å². The monoisotopic (exact) mass is 745 g/mol. The molecule has 0 aliphatic carbocycles. The maximum Gasteiger partial charge on any atom is 0.414 e. The number of methoxy groups -OCH3 is 2. The second kappa shape index (κ2) is 15.3. The molecule has 0 saturated carbocycles. The Kier molecular flexibility index (Phi) is 10.4. The van der Waals surface area contributed by atoms with Crippen molar-refractivity contribution >= 4 is 51.9 Å². The van der Waals surface area contributed by atoms with Crippen molar-refractivity contribution in [3.63, 3.8) is 0 Å². The van der Waals surface area contributed by atoms with E-state index in [0.29, 0.717) is 50.0 Å². The molecule has 0 spiro atoms. The van der Waals surface area contributed by atoms with Gasteiger partial charge in [0, 0.05) is 23.9 Å². The average Bonchev–Trinajstić information content (AvgIpc) is 3.64. The van der Waals surface area contributed by atoms with Crippen molar-refractivity contribution in [1.29, 1.82) is 0 Å². The van der Waals surface area contributed by atoms with Crippen LogP contribution >= 0.6 is 23.2 Å². The second-order valence-corrected chi connectivity index (χ2v) is 13.8. The van der Waals surface area contributed by atoms with Crippen molar-refractivity contribution in [3.8, 4) is 11.5 Å². The van der Waals surface area contributed by atoms with Crippen LogP contribution in [-0.4, -0.2) is 67.1 Å². The van der Waals surface area contributed by atoms with Gasteiger partial charge in [0.25, 0.3) is 0 Å². The molecule has 2 atom stereocenters. The van der Waals surface area contributed by atoms with E-state index in [2.05, 4.69) is 15.1 Å². The Morgan fingerprint density at radius 1 is 1.02 bits per heavy atom. The van der Waals surface area contributed by atoms with Gasteiger partial charge in [-0.15, -0.1) is 0 Å². The lowest BCUT2D eigenvalue weighted by atomic mass is 9.86. The number of carbonyl (C=O) groups is 2. The molecule has 1 N–H and O–H groups in total. The topological polar surface area (TPSA) is 133 Å². The summed E-state index contributed by atoms with van der Waals surface area (Å²) in [6.45, 7) is 2.88. The Bertz CT molecular complexity index is 2080. The number of fused-ring (bicyclic) bond motifs is 4. The van der Waals surface area contributed by atoms with Crippen molar-refractivity contribution in [2.24, 2.45) is 5.92 Å². The molecular formula is C38H37Cl2N5O7. The maximum absolute atomic E-state index is 14.0. The standard InChI is InChI=1S/C38H37Cl2N5O7/c1-49-32-10-9-25(16-34(32)50-2)33(17-28-29(39)20-44(48)21-30(28)40)51-37(46)26-6-3-5-23(15-26)19-45(31-8-4-7-27-18-41-42-36(27)31)38(47)52-35-22-43-13-11-24(35)12-14-43/h3-10,15-16,18,20-21,24,33,35H,11-14,17,19,22H2,1-2H3,(H,41,42)/t33?,35-/m0/s1. The number of aromatic amines is 1. The summed E-state index contributed by atoms with van der Waals surface area (Å²) in [6.07, 6.45) is 4.60. The molecule has 3 aliphatic heterocycles. The summed E-state index contributed by atoms with van der Waals surface area (Å²) >= 11 is 12.9. The number of H-pyrrole nitrogens is 1. The van der Waals surface area contributed by atoms with Gasteiger partial charge in [-0.05, 0) is 73.3 Å². The largest absolute Gasteiger partial charge is 0.619 e. The third kappa shape index (κ3) is 7.45. The van der Waals surface area contributed by atoms with Gasteiger partial charge in [-0.25, -0.2) is 9.59 Å². The third-order valence-electron chi connectivity index (χ3n) is 9.79. The minimum absolute atomic E-state index is 0.0623. The van der Waals surface area contributed by atoms with E-state index >= 15 is 0 Å². The van der Waals surface area contributed by atoms with Crippen LogP contribution in [0.25, 0.3) is 10.9 Å². The number of aromatic nitrogens is 3. The van der Waals surface area contributed by atoms with Gasteiger partial charge in [0.15, 0.2) is 23.9 Å². The second-order valence-electron chi connectivity index (χ2n) is 13.0. The van der Waals surface area contributed by atoms with Crippen molar-refractivity contribution in [2.45, 2.75) is 38.0 Å². The summed E-state index contributed by atoms with van der Waals surface area (Å²) in [5.74, 6) is 0.635. The number of nitrogens with zero attached hydrogens (tertiary/aromatic N) is 4. The lowest BCUT2D eigenvalue weighted by molar-refractivity contribution is -0.605. The van der Waals surface area contributed by atoms with Crippen LogP contribution in [0.15, 0.2) is 79.3 Å². The highest BCUT2D eigenvalue weighted by atomic mass is 35.5. The van der Waals surface area contributed by atoms with Crippen LogP contribution in [0.4, 0.5) is 10.5 Å². The number of anilines is 1. The number of amides is 1. The van der Waals surface area contributed by atoms with E-state index in [1.165, 1.54) is 26.6 Å². The SMILES string of the molecule is COc1ccc(C(Cc2c(Cl)c[n+]([O-])cc2Cl)OC(=O)c2cccc(CN(C(=O)O[C@H]3CN4CCC3CC4)c3cccc4cn[nH]c34)c2)cc1OC. The average molecular weight is 747 g/mol. The van der Waals surface area contributed by atoms with E-state index in [4.69, 9.17) is 42.1 Å². The van der Waals surface area contributed by atoms with Gasteiger partial charge in [-0.1, -0.05) is 53.5 Å². The lowest BCUT2D eigenvalue weighted by Crippen LogP contribution is -2.53. The molecule has 0 radical (unpaired) electrons. The smallest absolute Gasteiger partial charge is 0.414 e. The number of piperidine rings is 3. The van der Waals surface area contributed by atoms with Gasteiger partial charge >= 0.3 is 12.1 Å².